The van der Waals surface area contributed by atoms with Crippen LogP contribution in [0.2, 0.25) is 5.15 Å². The highest BCUT2D eigenvalue weighted by Gasteiger charge is 2.34. The number of pyridine rings is 1. The van der Waals surface area contributed by atoms with E-state index in [1.165, 1.54) is 4.90 Å². The van der Waals surface area contributed by atoms with Gasteiger partial charge in [0, 0.05) is 18.7 Å². The minimum absolute atomic E-state index is 0.208. The molecule has 138 valence electrons. The summed E-state index contributed by atoms with van der Waals surface area (Å²) in [7, 11) is 0. The Morgan fingerprint density at radius 3 is 2.96 bits per heavy atom. The molecule has 0 aliphatic carbocycles. The molecule has 2 aliphatic heterocycles. The molecule has 2 aliphatic rings. The van der Waals surface area contributed by atoms with Gasteiger partial charge in [0.1, 0.15) is 22.7 Å². The van der Waals surface area contributed by atoms with Crippen LogP contribution >= 0.6 is 11.6 Å². The number of fused-ring (bicyclic) bond motifs is 1. The van der Waals surface area contributed by atoms with Crippen LogP contribution in [0.15, 0.2) is 6.07 Å². The highest BCUT2D eigenvalue weighted by molar-refractivity contribution is 6.29. The van der Waals surface area contributed by atoms with Gasteiger partial charge in [0.05, 0.1) is 19.3 Å². The van der Waals surface area contributed by atoms with E-state index in [9.17, 15) is 9.18 Å². The summed E-state index contributed by atoms with van der Waals surface area (Å²) < 4.78 is 25.2. The third-order valence-corrected chi connectivity index (χ3v) is 4.39. The maximum absolute atomic E-state index is 14.4. The van der Waals surface area contributed by atoms with Crippen molar-refractivity contribution in [3.8, 4) is 0 Å². The molecule has 8 heteroatoms. The average Bonchev–Trinajstić information content (AvgIpc) is 2.95. The highest BCUT2D eigenvalue weighted by Crippen LogP contribution is 2.30. The molecule has 0 aromatic carbocycles. The lowest BCUT2D eigenvalue weighted by molar-refractivity contribution is 0.0150. The SMILES string of the molecule is CC(C)(C)OC(=O)N1CC[C@H](F)[C@@H](Nc2nc(Cl)cc3c2COC3)C1. The Bertz CT molecular complexity index is 665. The number of anilines is 1. The molecule has 1 saturated heterocycles. The van der Waals surface area contributed by atoms with Gasteiger partial charge in [-0.3, -0.25) is 0 Å². The molecule has 1 amide bonds. The number of ether oxygens (including phenoxy) is 2. The van der Waals surface area contributed by atoms with E-state index in [1.54, 1.807) is 6.07 Å². The molecule has 1 N–H and O–H groups in total. The number of halogens is 2. The van der Waals surface area contributed by atoms with Crippen molar-refractivity contribution in [2.24, 2.45) is 0 Å². The quantitative estimate of drug-likeness (QED) is 0.806. The van der Waals surface area contributed by atoms with Gasteiger partial charge in [-0.1, -0.05) is 11.6 Å². The Morgan fingerprint density at radius 2 is 2.24 bits per heavy atom. The number of likely N-dealkylation sites (tertiary alicyclic amines) is 1. The average molecular weight is 372 g/mol. The number of rotatable bonds is 2. The standard InChI is InChI=1S/C17H23ClFN3O3/c1-17(2,3)25-16(23)22-5-4-12(19)13(7-22)20-15-11-9-24-8-10(11)6-14(18)21-15/h6,12-13H,4-5,7-9H2,1-3H3,(H,20,21)/t12-,13-/m0/s1. The summed E-state index contributed by atoms with van der Waals surface area (Å²) in [6.07, 6.45) is -1.27. The number of carbonyl (C=O) groups excluding carboxylic acids is 1. The van der Waals surface area contributed by atoms with Gasteiger partial charge < -0.3 is 19.7 Å². The number of alkyl halides is 1. The Morgan fingerprint density at radius 1 is 1.48 bits per heavy atom. The number of aromatic nitrogens is 1. The topological polar surface area (TPSA) is 63.7 Å². The van der Waals surface area contributed by atoms with Gasteiger partial charge in [0.25, 0.3) is 0 Å². The first-order valence-electron chi connectivity index (χ1n) is 8.37. The van der Waals surface area contributed by atoms with Gasteiger partial charge in [-0.25, -0.2) is 14.2 Å². The Hall–Kier alpha value is -1.60. The summed E-state index contributed by atoms with van der Waals surface area (Å²) in [6.45, 7) is 6.85. The third kappa shape index (κ3) is 4.33. The monoisotopic (exact) mass is 371 g/mol. The second-order valence-corrected chi connectivity index (χ2v) is 7.79. The number of nitrogens with zero attached hydrogens (tertiary/aromatic N) is 2. The molecule has 0 bridgehead atoms. The predicted molar refractivity (Wildman–Crippen MR) is 92.5 cm³/mol. The van der Waals surface area contributed by atoms with Crippen molar-refractivity contribution in [3.05, 3.63) is 22.3 Å². The number of hydrogen-bond acceptors (Lipinski definition) is 5. The van der Waals surface area contributed by atoms with E-state index in [0.717, 1.165) is 11.1 Å². The third-order valence-electron chi connectivity index (χ3n) is 4.19. The molecule has 25 heavy (non-hydrogen) atoms. The Kier molecular flexibility index (Phi) is 5.06. The van der Waals surface area contributed by atoms with E-state index in [4.69, 9.17) is 21.1 Å². The Balaban J connectivity index is 1.73. The second-order valence-electron chi connectivity index (χ2n) is 7.41. The van der Waals surface area contributed by atoms with Crippen LogP contribution in [0.25, 0.3) is 0 Å². The molecular weight excluding hydrogens is 349 g/mol. The van der Waals surface area contributed by atoms with E-state index in [1.807, 2.05) is 20.8 Å². The smallest absolute Gasteiger partial charge is 0.410 e. The molecule has 3 rings (SSSR count). The van der Waals surface area contributed by atoms with E-state index >= 15 is 0 Å². The lowest BCUT2D eigenvalue weighted by atomic mass is 10.0. The molecule has 1 fully saturated rings. The predicted octanol–water partition coefficient (Wildman–Crippen LogP) is 3.52. The summed E-state index contributed by atoms with van der Waals surface area (Å²) in [4.78, 5) is 18.1. The second kappa shape index (κ2) is 6.96. The van der Waals surface area contributed by atoms with E-state index in [2.05, 4.69) is 10.3 Å². The Labute approximate surface area is 151 Å². The number of amides is 1. The van der Waals surface area contributed by atoms with Crippen LogP contribution in [0, 0.1) is 0 Å². The van der Waals surface area contributed by atoms with Crippen LogP contribution in [0.5, 0.6) is 0 Å². The zero-order valence-electron chi connectivity index (χ0n) is 14.6. The summed E-state index contributed by atoms with van der Waals surface area (Å²) in [5, 5.41) is 3.45. The van der Waals surface area contributed by atoms with Crippen LogP contribution in [-0.2, 0) is 22.7 Å². The number of carbonyl (C=O) groups is 1. The van der Waals surface area contributed by atoms with Crippen molar-refractivity contribution in [3.63, 3.8) is 0 Å². The maximum atomic E-state index is 14.4. The number of nitrogens with one attached hydrogen (secondary N) is 1. The largest absolute Gasteiger partial charge is 0.444 e. The van der Waals surface area contributed by atoms with Gasteiger partial charge in [0.15, 0.2) is 0 Å². The van der Waals surface area contributed by atoms with E-state index in [-0.39, 0.29) is 13.0 Å². The lowest BCUT2D eigenvalue weighted by Gasteiger charge is -2.36. The summed E-state index contributed by atoms with van der Waals surface area (Å²) >= 11 is 6.05. The molecule has 1 aromatic rings. The molecule has 6 nitrogen and oxygen atoms in total. The molecule has 1 aromatic heterocycles. The molecule has 3 heterocycles. The van der Waals surface area contributed by atoms with E-state index in [0.29, 0.717) is 30.7 Å². The molecule has 0 spiro atoms. The van der Waals surface area contributed by atoms with Crippen molar-refractivity contribution in [2.45, 2.75) is 58.2 Å². The van der Waals surface area contributed by atoms with Crippen molar-refractivity contribution < 1.29 is 18.7 Å². The molecule has 2 atom stereocenters. The van der Waals surface area contributed by atoms with E-state index < -0.39 is 23.9 Å². The van der Waals surface area contributed by atoms with Crippen LogP contribution < -0.4 is 5.32 Å². The fourth-order valence-corrected chi connectivity index (χ4v) is 3.21. The molecular formula is C17H23ClFN3O3. The number of piperidine rings is 1. The summed E-state index contributed by atoms with van der Waals surface area (Å²) in [5.74, 6) is 0.527. The fraction of sp³-hybridized carbons (Fsp3) is 0.647. The lowest BCUT2D eigenvalue weighted by Crippen LogP contribution is -2.52. The molecule has 0 saturated carbocycles. The molecule has 0 radical (unpaired) electrons. The molecule has 0 unspecified atom stereocenters. The van der Waals surface area contributed by atoms with Gasteiger partial charge in [0.2, 0.25) is 0 Å². The van der Waals surface area contributed by atoms with Crippen LogP contribution in [0.1, 0.15) is 38.3 Å². The van der Waals surface area contributed by atoms with Crippen molar-refractivity contribution in [1.29, 1.82) is 0 Å². The summed E-state index contributed by atoms with van der Waals surface area (Å²) in [5.41, 5.74) is 1.27. The minimum atomic E-state index is -1.09. The first kappa shape index (κ1) is 18.2. The minimum Gasteiger partial charge on any atom is -0.444 e. The fourth-order valence-electron chi connectivity index (χ4n) is 2.99. The van der Waals surface area contributed by atoms with Crippen molar-refractivity contribution >= 4 is 23.5 Å². The zero-order valence-corrected chi connectivity index (χ0v) is 15.4. The van der Waals surface area contributed by atoms with Gasteiger partial charge in [-0.05, 0) is 38.8 Å². The van der Waals surface area contributed by atoms with Crippen LogP contribution in [0.4, 0.5) is 15.0 Å². The van der Waals surface area contributed by atoms with Gasteiger partial charge in [-0.2, -0.15) is 0 Å². The van der Waals surface area contributed by atoms with Crippen LogP contribution in [-0.4, -0.2) is 46.9 Å². The highest BCUT2D eigenvalue weighted by atomic mass is 35.5. The van der Waals surface area contributed by atoms with Gasteiger partial charge >= 0.3 is 6.09 Å². The number of hydrogen-bond donors (Lipinski definition) is 1. The first-order valence-corrected chi connectivity index (χ1v) is 8.75. The normalized spacial score (nSPS) is 23.3. The van der Waals surface area contributed by atoms with Gasteiger partial charge in [-0.15, -0.1) is 0 Å². The first-order chi connectivity index (χ1) is 11.7. The zero-order chi connectivity index (χ0) is 18.2. The van der Waals surface area contributed by atoms with Crippen molar-refractivity contribution in [1.82, 2.24) is 9.88 Å². The summed E-state index contributed by atoms with van der Waals surface area (Å²) in [6, 6.07) is 1.19. The maximum Gasteiger partial charge on any atom is 0.410 e. The van der Waals surface area contributed by atoms with Crippen molar-refractivity contribution in [2.75, 3.05) is 18.4 Å². The van der Waals surface area contributed by atoms with Crippen LogP contribution in [0.3, 0.4) is 0 Å².